The number of hydrogen-bond donors (Lipinski definition) is 4. The van der Waals surface area contributed by atoms with Gasteiger partial charge in [-0.2, -0.15) is 15.0 Å². The Labute approximate surface area is 628 Å². The molecule has 0 aliphatic heterocycles. The summed E-state index contributed by atoms with van der Waals surface area (Å²) in [5.74, 6) is 2.43. The normalized spacial score (nSPS) is 10.2. The Morgan fingerprint density at radius 1 is 0.392 bits per heavy atom. The number of aliphatic hydroxyl groups excluding tert-OH is 2. The average Bonchev–Trinajstić information content (AvgIpc) is 1.02. The third kappa shape index (κ3) is 42.7. The third-order valence-electron chi connectivity index (χ3n) is 12.9. The minimum atomic E-state index is -0.793. The highest BCUT2D eigenvalue weighted by atomic mass is 79.9. The van der Waals surface area contributed by atoms with Crippen LogP contribution in [-0.4, -0.2) is 111 Å². The lowest BCUT2D eigenvalue weighted by atomic mass is 10.1. The molecule has 550 valence electrons. The number of nitrogens with zero attached hydrogens (tertiary/aromatic N) is 3. The lowest BCUT2D eigenvalue weighted by molar-refractivity contribution is -0.167. The summed E-state index contributed by atoms with van der Waals surface area (Å²) in [7, 11) is 0. The van der Waals surface area contributed by atoms with E-state index in [1.165, 1.54) is 23.6 Å². The Morgan fingerprint density at radius 3 is 0.961 bits per heavy atom. The number of benzene rings is 8. The van der Waals surface area contributed by atoms with E-state index in [1.807, 2.05) is 200 Å². The second-order valence-electron chi connectivity index (χ2n) is 21.0. The number of aliphatic hydroxyl groups is 2. The molecule has 0 fully saturated rings. The van der Waals surface area contributed by atoms with Crippen molar-refractivity contribution in [3.8, 4) is 23.0 Å². The quantitative estimate of drug-likeness (QED) is 0.0251. The number of halogens is 5. The zero-order valence-electron chi connectivity index (χ0n) is 58.8. The molecule has 4 N–H and O–H groups in total. The molecule has 102 heavy (non-hydrogen) atoms. The summed E-state index contributed by atoms with van der Waals surface area (Å²) in [5, 5.41) is 36.3. The number of rotatable bonds is 29. The number of carbonyl (C=O) groups is 3. The van der Waals surface area contributed by atoms with E-state index >= 15 is 0 Å². The first kappa shape index (κ1) is 90.4. The molecule has 0 amide bonds. The van der Waals surface area contributed by atoms with Crippen LogP contribution >= 0.6 is 62.3 Å². The highest BCUT2D eigenvalue weighted by Crippen LogP contribution is 2.18. The number of ketones is 3. The number of aromatic nitrogens is 3. The Kier molecular flexibility index (Phi) is 50.3. The molecule has 0 saturated carbocycles. The van der Waals surface area contributed by atoms with Gasteiger partial charge in [0.25, 0.3) is 0 Å². The summed E-state index contributed by atoms with van der Waals surface area (Å²) in [4.78, 5) is 44.8. The number of Topliss-reactive ketones (excluding diaryl/α,β-unsaturated/α-hetero) is 3. The van der Waals surface area contributed by atoms with Gasteiger partial charge in [0, 0.05) is 63.7 Å². The summed E-state index contributed by atoms with van der Waals surface area (Å²) in [5.41, 5.74) is 9.47. The van der Waals surface area contributed by atoms with Crippen molar-refractivity contribution >= 4 is 79.7 Å². The van der Waals surface area contributed by atoms with Crippen molar-refractivity contribution in [2.24, 2.45) is 0 Å². The summed E-state index contributed by atoms with van der Waals surface area (Å²) in [6.45, 7) is 18.6. The molecular weight excluding hydrogens is 1450 g/mol. The van der Waals surface area contributed by atoms with E-state index in [-0.39, 0.29) is 64.3 Å². The van der Waals surface area contributed by atoms with Crippen LogP contribution in [0.2, 0.25) is 15.9 Å². The van der Waals surface area contributed by atoms with Crippen molar-refractivity contribution in [3.05, 3.63) is 278 Å². The number of aryl methyl sites for hydroxylation is 1. The Morgan fingerprint density at radius 2 is 0.676 bits per heavy atom. The van der Waals surface area contributed by atoms with Gasteiger partial charge in [-0.25, -0.2) is 0 Å². The lowest BCUT2D eigenvalue weighted by Crippen LogP contribution is -2.29. The van der Waals surface area contributed by atoms with Crippen LogP contribution in [0.1, 0.15) is 98.5 Å². The van der Waals surface area contributed by atoms with Gasteiger partial charge >= 0.3 is 0 Å². The van der Waals surface area contributed by atoms with Gasteiger partial charge in [0.15, 0.2) is 17.3 Å². The molecule has 1 heterocycles. The molecular formula is C79H94BrCl4N3O15. The first-order valence-corrected chi connectivity index (χ1v) is 35.5. The third-order valence-corrected chi connectivity index (χ3v) is 14.4. The minimum absolute atomic E-state index is 0.000000000000000444. The highest BCUT2D eigenvalue weighted by molar-refractivity contribution is 9.08. The maximum absolute atomic E-state index is 11.9. The molecule has 8 aromatic carbocycles. The standard InChI is InChI=1S/C14H13ClO.C14H20O3.C14H14O2.C13H18O4.C7H7Br.C7H14O3.C7H8O2.C3Cl3N3/c15-10-12-6-8-14(9-7-12)16-11-13-4-2-1-3-5-13;1-4-16-14(17-5-2)13(15)10-12-8-6-11(3)7-9-12;15-10-12-6-8-14(9-7-12)16-11-13-4-2-1-3-5-13;1-3-16-13(17-4-2)12(15)9-10-5-7-11(14)8-6-10;8-6-7-4-2-1-3-5-7;1-4-9-7(6(3)8)10-5-2;8-5-6-1-3-7(9)4-2-6;4-1-7-2(5)9-3(6)8-1/h1-9H,10-11H2;6-9,14H,4-5,10H2,1-3H3;1-9,15H,10-11H2;5-8,13-14H,3-4,9H2,1-2H3;1-5H,6H2;7H,4-5H2,1-3H3;1-4,8-9H,5H2;. The second-order valence-corrected chi connectivity index (χ2v) is 22.8. The largest absolute Gasteiger partial charge is 0.508 e. The van der Waals surface area contributed by atoms with Gasteiger partial charge in [0.1, 0.15) is 36.2 Å². The van der Waals surface area contributed by atoms with E-state index in [4.69, 9.17) is 105 Å². The Balaban J connectivity index is 0.000000402. The highest BCUT2D eigenvalue weighted by Gasteiger charge is 2.20. The number of phenols is 2. The number of aromatic hydroxyl groups is 2. The molecule has 0 radical (unpaired) electrons. The smallest absolute Gasteiger partial charge is 0.227 e. The van der Waals surface area contributed by atoms with E-state index in [0.29, 0.717) is 65.2 Å². The molecule has 9 aromatic rings. The number of carbonyl (C=O) groups excluding carboxylic acids is 3. The van der Waals surface area contributed by atoms with Crippen molar-refractivity contribution in [1.29, 1.82) is 0 Å². The van der Waals surface area contributed by atoms with E-state index < -0.39 is 18.9 Å². The van der Waals surface area contributed by atoms with Crippen molar-refractivity contribution in [2.45, 2.75) is 125 Å². The fourth-order valence-corrected chi connectivity index (χ4v) is 9.03. The predicted octanol–water partition coefficient (Wildman–Crippen LogP) is 17.4. The zero-order valence-corrected chi connectivity index (χ0v) is 63.5. The van der Waals surface area contributed by atoms with Crippen molar-refractivity contribution < 1.29 is 72.7 Å². The Hall–Kier alpha value is -7.70. The maximum Gasteiger partial charge on any atom is 0.227 e. The van der Waals surface area contributed by atoms with E-state index in [2.05, 4.69) is 43.0 Å². The van der Waals surface area contributed by atoms with Gasteiger partial charge < -0.3 is 58.3 Å². The van der Waals surface area contributed by atoms with Gasteiger partial charge in [-0.15, -0.1) is 11.6 Å². The van der Waals surface area contributed by atoms with Crippen LogP contribution in [0.25, 0.3) is 0 Å². The van der Waals surface area contributed by atoms with Crippen molar-refractivity contribution in [2.75, 3.05) is 39.6 Å². The average molecular weight is 1550 g/mol. The summed E-state index contributed by atoms with van der Waals surface area (Å²) < 4.78 is 42.2. The van der Waals surface area contributed by atoms with Gasteiger partial charge in [-0.3, -0.25) is 14.4 Å². The minimum Gasteiger partial charge on any atom is -0.508 e. The molecule has 18 nitrogen and oxygen atoms in total. The van der Waals surface area contributed by atoms with Crippen LogP contribution < -0.4 is 9.47 Å². The summed E-state index contributed by atoms with van der Waals surface area (Å²) >= 11 is 25.0. The fraction of sp³-hybridized carbons (Fsp3) is 0.316. The first-order valence-electron chi connectivity index (χ1n) is 32.8. The van der Waals surface area contributed by atoms with Crippen LogP contribution in [0.4, 0.5) is 0 Å². The van der Waals surface area contributed by atoms with E-state index in [9.17, 15) is 14.4 Å². The molecule has 0 spiro atoms. The molecule has 1 aromatic heterocycles. The second kappa shape index (κ2) is 56.8. The molecule has 0 bridgehead atoms. The predicted molar refractivity (Wildman–Crippen MR) is 406 cm³/mol. The van der Waals surface area contributed by atoms with Crippen LogP contribution in [0, 0.1) is 6.92 Å². The van der Waals surface area contributed by atoms with Crippen molar-refractivity contribution in [3.63, 3.8) is 0 Å². The monoisotopic (exact) mass is 1540 g/mol. The van der Waals surface area contributed by atoms with Crippen LogP contribution in [0.15, 0.2) is 212 Å². The number of phenolic OH excluding ortho intramolecular Hbond substituents is 2. The van der Waals surface area contributed by atoms with Crippen LogP contribution in [0.3, 0.4) is 0 Å². The molecule has 0 atom stereocenters. The zero-order chi connectivity index (χ0) is 75.1. The van der Waals surface area contributed by atoms with Crippen LogP contribution in [-0.2, 0) is 93.3 Å². The molecule has 0 saturated heterocycles. The SMILES string of the molecule is BrCc1ccccc1.CCOC(OCC)C(=O)Cc1ccc(C)cc1.CCOC(OCC)C(=O)Cc1ccc(O)cc1.CCOC(OCC)C(C)=O.ClCc1ccc(OCc2ccccc2)cc1.Clc1nc(Cl)nc(Cl)n1.OCc1ccc(O)cc1.OCc1ccc(OCc2ccccc2)cc1. The van der Waals surface area contributed by atoms with Crippen molar-refractivity contribution in [1.82, 2.24) is 15.0 Å². The van der Waals surface area contributed by atoms with E-state index in [1.54, 1.807) is 48.5 Å². The molecule has 9 rings (SSSR count). The van der Waals surface area contributed by atoms with E-state index in [0.717, 1.165) is 50.2 Å². The number of alkyl halides is 2. The summed E-state index contributed by atoms with van der Waals surface area (Å²) in [6.07, 6.45) is -1.59. The van der Waals surface area contributed by atoms with Gasteiger partial charge in [0.05, 0.1) is 13.2 Å². The number of hydrogen-bond acceptors (Lipinski definition) is 18. The van der Waals surface area contributed by atoms with Gasteiger partial charge in [-0.1, -0.05) is 185 Å². The summed E-state index contributed by atoms with van der Waals surface area (Å²) in [6, 6.07) is 66.6. The lowest BCUT2D eigenvalue weighted by Gasteiger charge is -2.15. The Bertz CT molecular complexity index is 3370. The van der Waals surface area contributed by atoms with Gasteiger partial charge in [0.2, 0.25) is 34.7 Å². The van der Waals surface area contributed by atoms with Gasteiger partial charge in [-0.05, 0) is 183 Å². The van der Waals surface area contributed by atoms with Crippen LogP contribution in [0.5, 0.6) is 23.0 Å². The number of ether oxygens (including phenoxy) is 8. The fourth-order valence-electron chi connectivity index (χ4n) is 7.87. The first-order chi connectivity index (χ1) is 49.3. The molecule has 0 unspecified atom stereocenters. The molecule has 23 heteroatoms. The topological polar surface area (TPSA) is 245 Å². The molecule has 0 aliphatic rings. The molecule has 0 aliphatic carbocycles. The maximum atomic E-state index is 11.9.